The maximum absolute atomic E-state index is 12.8. The summed E-state index contributed by atoms with van der Waals surface area (Å²) in [5.74, 6) is 1.99. The van der Waals surface area contributed by atoms with E-state index in [1.54, 1.807) is 18.6 Å². The highest BCUT2D eigenvalue weighted by Gasteiger charge is 2.56. The molecule has 0 aliphatic heterocycles. The molecule has 160 valence electrons. The van der Waals surface area contributed by atoms with E-state index in [-0.39, 0.29) is 17.9 Å². The van der Waals surface area contributed by atoms with Gasteiger partial charge in [0.25, 0.3) is 5.56 Å². The van der Waals surface area contributed by atoms with Crippen LogP contribution in [0.4, 0.5) is 5.69 Å². The van der Waals surface area contributed by atoms with Crippen molar-refractivity contribution >= 4 is 27.4 Å². The molecule has 1 N–H and O–H groups in total. The van der Waals surface area contributed by atoms with Crippen LogP contribution >= 0.6 is 15.9 Å². The number of hydrogen-bond acceptors (Lipinski definition) is 5. The average Bonchev–Trinajstić information content (AvgIpc) is 2.73. The Morgan fingerprint density at radius 2 is 2.03 bits per heavy atom. The highest BCUT2D eigenvalue weighted by molar-refractivity contribution is 9.10. The number of nitrogens with one attached hydrogen (secondary N) is 1. The summed E-state index contributed by atoms with van der Waals surface area (Å²) < 4.78 is 1.69. The molecule has 0 radical (unpaired) electrons. The van der Waals surface area contributed by atoms with Gasteiger partial charge >= 0.3 is 0 Å². The minimum Gasteiger partial charge on any atom is -0.380 e. The van der Waals surface area contributed by atoms with Crippen molar-refractivity contribution in [3.8, 4) is 0 Å². The Hall–Kier alpha value is -2.02. The number of carbonyl (C=O) groups excluding carboxylic acids is 1. The van der Waals surface area contributed by atoms with Crippen molar-refractivity contribution < 1.29 is 4.79 Å². The fourth-order valence-corrected chi connectivity index (χ4v) is 5.72. The molecule has 0 spiro atoms. The molecule has 0 unspecified atom stereocenters. The van der Waals surface area contributed by atoms with E-state index in [9.17, 15) is 9.59 Å². The molecule has 3 saturated carbocycles. The lowest BCUT2D eigenvalue weighted by Crippen LogP contribution is -2.58. The van der Waals surface area contributed by atoms with Crippen molar-refractivity contribution in [2.45, 2.75) is 59.0 Å². The molecule has 2 heterocycles. The third kappa shape index (κ3) is 3.96. The van der Waals surface area contributed by atoms with E-state index in [4.69, 9.17) is 0 Å². The molecule has 0 amide bonds. The molecule has 3 fully saturated rings. The van der Waals surface area contributed by atoms with Crippen LogP contribution in [0, 0.1) is 23.2 Å². The Morgan fingerprint density at radius 1 is 1.30 bits per heavy atom. The molecule has 3 aliphatic carbocycles. The van der Waals surface area contributed by atoms with Gasteiger partial charge in [0.05, 0.1) is 11.9 Å². The number of aromatic nitrogens is 3. The summed E-state index contributed by atoms with van der Waals surface area (Å²) >= 11 is 3.44. The molecular formula is C23H29BrN4O2. The Balaban J connectivity index is 1.39. The van der Waals surface area contributed by atoms with Gasteiger partial charge in [-0.3, -0.25) is 14.6 Å². The van der Waals surface area contributed by atoms with Crippen molar-refractivity contribution in [2.75, 3.05) is 5.32 Å². The van der Waals surface area contributed by atoms with Crippen LogP contribution in [0.5, 0.6) is 0 Å². The Kier molecular flexibility index (Phi) is 5.84. The molecule has 7 heteroatoms. The van der Waals surface area contributed by atoms with E-state index in [0.29, 0.717) is 34.7 Å². The largest absolute Gasteiger partial charge is 0.380 e. The van der Waals surface area contributed by atoms with Gasteiger partial charge in [-0.05, 0) is 76.1 Å². The smallest absolute Gasteiger partial charge is 0.283 e. The molecule has 30 heavy (non-hydrogen) atoms. The highest BCUT2D eigenvalue weighted by Crippen LogP contribution is 2.61. The van der Waals surface area contributed by atoms with E-state index in [0.717, 1.165) is 29.5 Å². The number of aryl methyl sites for hydroxylation is 1. The van der Waals surface area contributed by atoms with Gasteiger partial charge in [-0.2, -0.15) is 5.10 Å². The van der Waals surface area contributed by atoms with Crippen molar-refractivity contribution in [3.05, 3.63) is 51.1 Å². The van der Waals surface area contributed by atoms with Crippen molar-refractivity contribution in [2.24, 2.45) is 23.2 Å². The monoisotopic (exact) mass is 472 g/mol. The molecular weight excluding hydrogens is 444 g/mol. The predicted octanol–water partition coefficient (Wildman–Crippen LogP) is 4.09. The lowest BCUT2D eigenvalue weighted by Gasteiger charge is -2.62. The zero-order valence-electron chi connectivity index (χ0n) is 17.8. The number of ketones is 1. The van der Waals surface area contributed by atoms with Gasteiger partial charge in [0.2, 0.25) is 0 Å². The van der Waals surface area contributed by atoms with Gasteiger partial charge in [0.15, 0.2) is 5.78 Å². The first kappa shape index (κ1) is 21.2. The number of hydrogen-bond donors (Lipinski definition) is 1. The fourth-order valence-electron chi connectivity index (χ4n) is 5.30. The van der Waals surface area contributed by atoms with E-state index in [1.165, 1.54) is 11.1 Å². The van der Waals surface area contributed by atoms with E-state index >= 15 is 0 Å². The van der Waals surface area contributed by atoms with Crippen LogP contribution in [0.2, 0.25) is 0 Å². The number of pyridine rings is 1. The molecule has 5 rings (SSSR count). The Labute approximate surface area is 185 Å². The number of nitrogens with zero attached hydrogens (tertiary/aromatic N) is 3. The highest BCUT2D eigenvalue weighted by atomic mass is 79.9. The van der Waals surface area contributed by atoms with E-state index in [2.05, 4.69) is 52.1 Å². The van der Waals surface area contributed by atoms with Gasteiger partial charge in [-0.15, -0.1) is 0 Å². The number of halogens is 1. The fraction of sp³-hybridized carbons (Fsp3) is 0.565. The number of anilines is 1. The second-order valence-electron chi connectivity index (χ2n) is 9.44. The zero-order chi connectivity index (χ0) is 21.5. The van der Waals surface area contributed by atoms with E-state index in [1.807, 2.05) is 12.1 Å². The van der Waals surface area contributed by atoms with Gasteiger partial charge in [-0.1, -0.05) is 20.8 Å². The van der Waals surface area contributed by atoms with Crippen LogP contribution in [0.1, 0.15) is 45.6 Å². The first-order valence-corrected chi connectivity index (χ1v) is 11.5. The minimum atomic E-state index is -0.272. The lowest BCUT2D eigenvalue weighted by molar-refractivity contribution is -0.119. The molecule has 2 bridgehead atoms. The summed E-state index contributed by atoms with van der Waals surface area (Å²) in [5.41, 5.74) is 1.93. The van der Waals surface area contributed by atoms with Crippen LogP contribution in [0.15, 0.2) is 40.0 Å². The third-order valence-electron chi connectivity index (χ3n) is 7.45. The van der Waals surface area contributed by atoms with Crippen LogP contribution in [-0.4, -0.2) is 26.6 Å². The molecule has 2 aromatic rings. The number of carbonyl (C=O) groups is 1. The van der Waals surface area contributed by atoms with Crippen molar-refractivity contribution in [3.63, 3.8) is 0 Å². The maximum Gasteiger partial charge on any atom is 0.283 e. The average molecular weight is 473 g/mol. The number of fused-ring (bicyclic) bond motifs is 2. The van der Waals surface area contributed by atoms with Crippen molar-refractivity contribution in [1.82, 2.24) is 14.8 Å². The van der Waals surface area contributed by atoms with Crippen molar-refractivity contribution in [1.29, 1.82) is 0 Å². The molecule has 2 aromatic heterocycles. The summed E-state index contributed by atoms with van der Waals surface area (Å²) in [7, 11) is 0. The van der Waals surface area contributed by atoms with Crippen LogP contribution < -0.4 is 10.9 Å². The molecule has 0 saturated heterocycles. The zero-order valence-corrected chi connectivity index (χ0v) is 19.4. The normalized spacial score (nSPS) is 26.7. The molecule has 4 atom stereocenters. The topological polar surface area (TPSA) is 76.9 Å². The second-order valence-corrected chi connectivity index (χ2v) is 10.2. The SMILES string of the molecule is C[C@@H]1[C@@H](Nc2cnn(CC(=O)CCc3ccncc3)c(=O)c2Br)C[C@@H]2C[C@H]1C2(C)C. The Bertz CT molecular complexity index is 988. The number of Topliss-reactive ketones (excluding diaryl/α,β-unsaturated/α-hetero) is 1. The third-order valence-corrected chi connectivity index (χ3v) is 8.21. The predicted molar refractivity (Wildman–Crippen MR) is 120 cm³/mol. The minimum absolute atomic E-state index is 0.0129. The van der Waals surface area contributed by atoms with Gasteiger partial charge in [-0.25, -0.2) is 4.68 Å². The molecule has 6 nitrogen and oxygen atoms in total. The summed E-state index contributed by atoms with van der Waals surface area (Å²) in [5, 5.41) is 7.82. The van der Waals surface area contributed by atoms with Crippen LogP contribution in [0.3, 0.4) is 0 Å². The van der Waals surface area contributed by atoms with Gasteiger partial charge in [0, 0.05) is 24.9 Å². The van der Waals surface area contributed by atoms with Crippen LogP contribution in [-0.2, 0) is 17.8 Å². The van der Waals surface area contributed by atoms with Crippen LogP contribution in [0.25, 0.3) is 0 Å². The maximum atomic E-state index is 12.8. The second kappa shape index (κ2) is 8.25. The summed E-state index contributed by atoms with van der Waals surface area (Å²) in [4.78, 5) is 29.1. The van der Waals surface area contributed by atoms with E-state index < -0.39 is 0 Å². The summed E-state index contributed by atoms with van der Waals surface area (Å²) in [6, 6.07) is 4.13. The molecule has 3 aliphatic rings. The first-order valence-electron chi connectivity index (χ1n) is 10.7. The van der Waals surface area contributed by atoms with Gasteiger partial charge in [0.1, 0.15) is 11.0 Å². The summed E-state index contributed by atoms with van der Waals surface area (Å²) in [6.07, 6.45) is 8.53. The Morgan fingerprint density at radius 3 is 2.70 bits per heavy atom. The number of rotatable bonds is 7. The first-order chi connectivity index (χ1) is 14.3. The molecule has 0 aromatic carbocycles. The standard InChI is InChI=1S/C23H29BrN4O2/c1-14-18-10-16(23(18,2)3)11-19(14)27-20-12-26-28(22(30)21(20)24)13-17(29)5-4-15-6-8-25-9-7-15/h6-9,12,14,16,18-19,27H,4-5,10-11,13H2,1-3H3/t14-,16-,18+,19-/m0/s1. The van der Waals surface area contributed by atoms with Gasteiger partial charge < -0.3 is 5.32 Å². The quantitative estimate of drug-likeness (QED) is 0.656. The summed E-state index contributed by atoms with van der Waals surface area (Å²) in [6.45, 7) is 7.05. The lowest BCUT2D eigenvalue weighted by atomic mass is 9.45.